The zero-order valence-corrected chi connectivity index (χ0v) is 29.3. The second kappa shape index (κ2) is 15.8. The fraction of sp³-hybridized carbons (Fsp3) is 0.146. The van der Waals surface area contributed by atoms with E-state index in [9.17, 15) is 0 Å². The number of hydrogen-bond donors (Lipinski definition) is 0. The average Bonchev–Trinajstić information content (AvgIpc) is 3.71. The summed E-state index contributed by atoms with van der Waals surface area (Å²) >= 11 is 1.65. The molecule has 8 rings (SSSR count). The molecule has 44 heavy (non-hydrogen) atoms. The molecule has 0 atom stereocenters. The van der Waals surface area contributed by atoms with Crippen LogP contribution in [0.2, 0.25) is 0 Å². The molecule has 0 amide bonds. The van der Waals surface area contributed by atoms with E-state index >= 15 is 0 Å². The fourth-order valence-corrected chi connectivity index (χ4v) is 7.39. The molecule has 0 aliphatic heterocycles. The van der Waals surface area contributed by atoms with Crippen LogP contribution in [0, 0.1) is 0 Å². The summed E-state index contributed by atoms with van der Waals surface area (Å²) in [5.74, 6) is 0. The summed E-state index contributed by atoms with van der Waals surface area (Å²) in [6.45, 7) is 4.50. The molecule has 3 heteroatoms. The zero-order chi connectivity index (χ0) is 28.9. The van der Waals surface area contributed by atoms with E-state index in [1.807, 2.05) is 0 Å². The molecular weight excluding hydrogens is 655 g/mol. The first-order valence-corrected chi connectivity index (χ1v) is 16.4. The van der Waals surface area contributed by atoms with Crippen LogP contribution >= 0.6 is 0 Å². The Hall–Kier alpha value is -3.09. The van der Waals surface area contributed by atoms with E-state index < -0.39 is 0 Å². The van der Waals surface area contributed by atoms with Crippen molar-refractivity contribution in [2.45, 2.75) is 39.5 Å². The Kier molecular flexibility index (Phi) is 12.1. The monoisotopic (exact) mass is 688 g/mol. The molecule has 220 valence electrons. The topological polar surface area (TPSA) is 0 Å². The molecule has 0 bridgehead atoms. The third kappa shape index (κ3) is 7.08. The minimum absolute atomic E-state index is 0. The Morgan fingerprint density at radius 2 is 0.841 bits per heavy atom. The van der Waals surface area contributed by atoms with E-state index in [0.29, 0.717) is 0 Å². The molecular formula is C41H36Cl2Zr-2. The second-order valence-electron chi connectivity index (χ2n) is 11.1. The first-order valence-electron chi connectivity index (χ1n) is 15.2. The molecule has 0 saturated heterocycles. The van der Waals surface area contributed by atoms with Gasteiger partial charge in [0.1, 0.15) is 0 Å². The number of halogens is 2. The van der Waals surface area contributed by atoms with Crippen molar-refractivity contribution >= 4 is 67.8 Å². The van der Waals surface area contributed by atoms with Gasteiger partial charge in [-0.3, -0.25) is 0 Å². The molecule has 0 spiro atoms. The van der Waals surface area contributed by atoms with Crippen molar-refractivity contribution in [3.8, 4) is 0 Å². The number of benzene rings is 6. The van der Waals surface area contributed by atoms with Gasteiger partial charge in [0.05, 0.1) is 0 Å². The number of rotatable bonds is 4. The van der Waals surface area contributed by atoms with Crippen LogP contribution in [0.4, 0.5) is 0 Å². The normalized spacial score (nSPS) is 10.6. The maximum atomic E-state index is 2.25. The first kappa shape index (κ1) is 33.8. The van der Waals surface area contributed by atoms with Crippen LogP contribution in [0.5, 0.6) is 0 Å². The molecule has 0 aliphatic rings. The predicted molar refractivity (Wildman–Crippen MR) is 184 cm³/mol. The van der Waals surface area contributed by atoms with Crippen molar-refractivity contribution in [3.05, 3.63) is 133 Å². The maximum absolute atomic E-state index is 2.25. The molecule has 8 aromatic rings. The second-order valence-corrected chi connectivity index (χ2v) is 12.8. The third-order valence-corrected chi connectivity index (χ3v) is 9.38. The van der Waals surface area contributed by atoms with Gasteiger partial charge in [-0.1, -0.05) is 117 Å². The maximum Gasteiger partial charge on any atom is -0.0271 e. The van der Waals surface area contributed by atoms with Crippen LogP contribution in [0.25, 0.3) is 64.6 Å². The Labute approximate surface area is 287 Å². The van der Waals surface area contributed by atoms with Gasteiger partial charge in [0.15, 0.2) is 0 Å². The van der Waals surface area contributed by atoms with Gasteiger partial charge in [0.2, 0.25) is 0 Å². The molecule has 0 aliphatic carbocycles. The van der Waals surface area contributed by atoms with Gasteiger partial charge in [-0.05, 0) is 10.8 Å². The molecule has 0 radical (unpaired) electrons. The van der Waals surface area contributed by atoms with Gasteiger partial charge in [-0.15, -0.1) is 45.8 Å². The van der Waals surface area contributed by atoms with E-state index in [2.05, 4.69) is 147 Å². The van der Waals surface area contributed by atoms with E-state index in [1.54, 1.807) is 27.4 Å². The number of fused-ring (bicyclic) bond motifs is 10. The van der Waals surface area contributed by atoms with Crippen LogP contribution in [-0.4, -0.2) is 3.21 Å². The molecule has 0 aromatic heterocycles. The summed E-state index contributed by atoms with van der Waals surface area (Å²) in [5.41, 5.74) is 0. The van der Waals surface area contributed by atoms with Crippen LogP contribution in [0.1, 0.15) is 39.5 Å². The Balaban J connectivity index is 0.000000158. The number of hydrogen-bond acceptors (Lipinski definition) is 0. The van der Waals surface area contributed by atoms with Gasteiger partial charge >= 0.3 is 67.0 Å². The molecule has 0 heterocycles. The molecule has 0 saturated carbocycles. The summed E-state index contributed by atoms with van der Waals surface area (Å²) < 4.78 is 1.75. The van der Waals surface area contributed by atoms with Gasteiger partial charge in [0, 0.05) is 0 Å². The third-order valence-electron chi connectivity index (χ3n) is 8.15. The fourth-order valence-electron chi connectivity index (χ4n) is 6.16. The predicted octanol–water partition coefficient (Wildman–Crippen LogP) is 6.04. The quantitative estimate of drug-likeness (QED) is 0.156. The van der Waals surface area contributed by atoms with Gasteiger partial charge < -0.3 is 24.8 Å². The summed E-state index contributed by atoms with van der Waals surface area (Å²) in [6.07, 6.45) is 5.40. The van der Waals surface area contributed by atoms with Crippen LogP contribution in [-0.2, 0) is 24.2 Å². The van der Waals surface area contributed by atoms with E-state index in [-0.39, 0.29) is 24.8 Å². The van der Waals surface area contributed by atoms with Crippen LogP contribution in [0.15, 0.2) is 133 Å². The van der Waals surface area contributed by atoms with Gasteiger partial charge in [0.25, 0.3) is 0 Å². The molecule has 8 aromatic carbocycles. The standard InChI is InChI=1S/2C17H11.C7H14.2ClH.Zr/c2*1-2-6-15-12(4-1)8-10-14-11-9-13-5-3-7-16(13)17(14)15;1-3-5-7-6-4-2;;;/h2*1-11H;3-6H2,1-2H3;2*1H;/q2*-1;;;;+2/p-2. The average molecular weight is 691 g/mol. The van der Waals surface area contributed by atoms with Crippen molar-refractivity contribution in [3.63, 3.8) is 0 Å². The first-order chi connectivity index (χ1) is 20.7. The summed E-state index contributed by atoms with van der Waals surface area (Å²) in [4.78, 5) is 0. The van der Waals surface area contributed by atoms with Crippen molar-refractivity contribution in [1.82, 2.24) is 0 Å². The smallest absolute Gasteiger partial charge is 0.0271 e. The molecule has 0 N–H and O–H groups in total. The van der Waals surface area contributed by atoms with Crippen molar-refractivity contribution in [1.29, 1.82) is 0 Å². The SMILES string of the molecule is CCC[C](=[Zr+2])CCC.[Cl-].[Cl-].c1ccc2c(c1)ccc1ccc3cc[cH-]c3c12.c1ccc2c(c1)ccc1ccc3cc[cH-]c3c12. The minimum atomic E-state index is 0. The van der Waals surface area contributed by atoms with Gasteiger partial charge in [-0.2, -0.15) is 24.3 Å². The van der Waals surface area contributed by atoms with E-state index in [0.717, 1.165) is 0 Å². The van der Waals surface area contributed by atoms with Crippen LogP contribution < -0.4 is 24.8 Å². The van der Waals surface area contributed by atoms with Crippen molar-refractivity contribution in [2.75, 3.05) is 0 Å². The summed E-state index contributed by atoms with van der Waals surface area (Å²) in [5, 5.41) is 16.1. The van der Waals surface area contributed by atoms with Crippen LogP contribution in [0.3, 0.4) is 0 Å². The Morgan fingerprint density at radius 3 is 1.25 bits per heavy atom. The zero-order valence-electron chi connectivity index (χ0n) is 25.3. The largest absolute Gasteiger partial charge is 1.00 e. The van der Waals surface area contributed by atoms with E-state index in [4.69, 9.17) is 0 Å². The van der Waals surface area contributed by atoms with Crippen molar-refractivity contribution in [2.24, 2.45) is 0 Å². The minimum Gasteiger partial charge on any atom is -1.00 e. The molecule has 0 fully saturated rings. The molecule has 0 unspecified atom stereocenters. The molecule has 0 nitrogen and oxygen atoms in total. The van der Waals surface area contributed by atoms with Crippen molar-refractivity contribution < 1.29 is 49.0 Å². The van der Waals surface area contributed by atoms with Gasteiger partial charge in [-0.25, -0.2) is 0 Å². The summed E-state index contributed by atoms with van der Waals surface area (Å²) in [6, 6.07) is 47.9. The van der Waals surface area contributed by atoms with E-state index in [1.165, 1.54) is 90.3 Å². The summed E-state index contributed by atoms with van der Waals surface area (Å²) in [7, 11) is 0. The Bertz CT molecular complexity index is 1990. The Morgan fingerprint density at radius 1 is 0.477 bits per heavy atom.